The monoisotopic (exact) mass is 210 g/mol. The van der Waals surface area contributed by atoms with Gasteiger partial charge in [0.15, 0.2) is 0 Å². The van der Waals surface area contributed by atoms with Crippen molar-refractivity contribution in [2.75, 3.05) is 12.8 Å². The third kappa shape index (κ3) is 9.25. The van der Waals surface area contributed by atoms with Crippen LogP contribution in [0.25, 0.3) is 0 Å². The molecule has 0 aromatic heterocycles. The van der Waals surface area contributed by atoms with E-state index in [0.717, 1.165) is 6.42 Å². The molecule has 4 N–H and O–H groups in total. The highest BCUT2D eigenvalue weighted by Crippen LogP contribution is 2.03. The molecule has 1 fully saturated rings. The molecule has 0 aliphatic carbocycles. The minimum absolute atomic E-state index is 0.139. The van der Waals surface area contributed by atoms with Gasteiger partial charge < -0.3 is 11.1 Å². The summed E-state index contributed by atoms with van der Waals surface area (Å²) in [5, 5.41) is 2.74. The summed E-state index contributed by atoms with van der Waals surface area (Å²) in [6, 6.07) is 0.252. The van der Waals surface area contributed by atoms with E-state index in [-0.39, 0.29) is 11.9 Å². The number of hydrogen-bond donors (Lipinski definition) is 3. The van der Waals surface area contributed by atoms with Crippen LogP contribution in [0.5, 0.6) is 0 Å². The zero-order valence-corrected chi connectivity index (χ0v) is 8.17. The second-order valence-corrected chi connectivity index (χ2v) is 4.24. The number of amides is 1. The van der Waals surface area contributed by atoms with Crippen LogP contribution >= 0.6 is 0 Å². The molecule has 1 atom stereocenters. The van der Waals surface area contributed by atoms with Gasteiger partial charge in [-0.1, -0.05) is 0 Å². The van der Waals surface area contributed by atoms with Crippen LogP contribution in [-0.4, -0.2) is 37.7 Å². The standard InChI is InChI=1S/C5H10N2O.CH4O3S/c6-3-4-1-2-5(8)7-4;1-5(2,3)4/h4H,1-3,6H2,(H,7,8);1H3,(H,2,3,4)/t4-;/m0./s1. The number of nitrogens with one attached hydrogen (secondary N) is 1. The van der Waals surface area contributed by atoms with Gasteiger partial charge in [0, 0.05) is 19.0 Å². The summed E-state index contributed by atoms with van der Waals surface area (Å²) in [5.74, 6) is 0.139. The summed E-state index contributed by atoms with van der Waals surface area (Å²) < 4.78 is 25.9. The predicted molar refractivity (Wildman–Crippen MR) is 47.7 cm³/mol. The van der Waals surface area contributed by atoms with Crippen molar-refractivity contribution in [3.63, 3.8) is 0 Å². The smallest absolute Gasteiger partial charge is 0.261 e. The van der Waals surface area contributed by atoms with Gasteiger partial charge in [-0.2, -0.15) is 8.42 Å². The lowest BCUT2D eigenvalue weighted by molar-refractivity contribution is -0.119. The van der Waals surface area contributed by atoms with Crippen molar-refractivity contribution < 1.29 is 17.8 Å². The molecule has 7 heteroatoms. The summed E-state index contributed by atoms with van der Waals surface area (Å²) in [4.78, 5) is 10.4. The lowest BCUT2D eigenvalue weighted by atomic mass is 10.2. The van der Waals surface area contributed by atoms with Crippen molar-refractivity contribution in [1.82, 2.24) is 5.32 Å². The van der Waals surface area contributed by atoms with Crippen LogP contribution in [0.4, 0.5) is 0 Å². The van der Waals surface area contributed by atoms with E-state index in [1.807, 2.05) is 0 Å². The van der Waals surface area contributed by atoms with Crippen molar-refractivity contribution in [2.45, 2.75) is 18.9 Å². The molecule has 78 valence electrons. The molecule has 1 aliphatic heterocycles. The average molecular weight is 210 g/mol. The largest absolute Gasteiger partial charge is 0.352 e. The molecular formula is C6H14N2O4S. The number of carbonyl (C=O) groups excluding carboxylic acids is 1. The molecule has 6 nitrogen and oxygen atoms in total. The predicted octanol–water partition coefficient (Wildman–Crippen LogP) is -1.27. The Bertz CT molecular complexity index is 254. The highest BCUT2D eigenvalue weighted by atomic mass is 32.2. The Labute approximate surface area is 77.2 Å². The highest BCUT2D eigenvalue weighted by molar-refractivity contribution is 7.85. The van der Waals surface area contributed by atoms with Gasteiger partial charge >= 0.3 is 0 Å². The molecule has 1 aliphatic rings. The molecule has 0 aromatic carbocycles. The van der Waals surface area contributed by atoms with Crippen molar-refractivity contribution in [2.24, 2.45) is 5.73 Å². The van der Waals surface area contributed by atoms with Crippen LogP contribution in [0.1, 0.15) is 12.8 Å². The Balaban J connectivity index is 0.000000252. The number of hydrogen-bond acceptors (Lipinski definition) is 4. The molecule has 0 aromatic rings. The van der Waals surface area contributed by atoms with E-state index in [1.54, 1.807) is 0 Å². The van der Waals surface area contributed by atoms with Gasteiger partial charge in [-0.25, -0.2) is 0 Å². The fourth-order valence-electron chi connectivity index (χ4n) is 0.854. The first-order chi connectivity index (χ1) is 5.83. The second kappa shape index (κ2) is 5.15. The fourth-order valence-corrected chi connectivity index (χ4v) is 0.854. The molecule has 0 radical (unpaired) electrons. The molecule has 0 spiro atoms. The number of rotatable bonds is 1. The van der Waals surface area contributed by atoms with Crippen molar-refractivity contribution in [3.05, 3.63) is 0 Å². The lowest BCUT2D eigenvalue weighted by Gasteiger charge is -2.02. The van der Waals surface area contributed by atoms with Crippen LogP contribution in [-0.2, 0) is 14.9 Å². The van der Waals surface area contributed by atoms with E-state index in [0.29, 0.717) is 19.2 Å². The van der Waals surface area contributed by atoms with E-state index < -0.39 is 10.1 Å². The SMILES string of the molecule is CS(=O)(=O)O.NC[C@@H]1CCC(=O)N1. The van der Waals surface area contributed by atoms with Gasteiger partial charge in [0.25, 0.3) is 10.1 Å². The summed E-state index contributed by atoms with van der Waals surface area (Å²) >= 11 is 0. The fraction of sp³-hybridized carbons (Fsp3) is 0.833. The zero-order chi connectivity index (χ0) is 10.5. The quantitative estimate of drug-likeness (QED) is 0.467. The Hall–Kier alpha value is -0.660. The molecular weight excluding hydrogens is 196 g/mol. The molecule has 1 rings (SSSR count). The van der Waals surface area contributed by atoms with Crippen LogP contribution in [0.2, 0.25) is 0 Å². The van der Waals surface area contributed by atoms with Crippen LogP contribution in [0.3, 0.4) is 0 Å². The molecule has 1 saturated heterocycles. The molecule has 0 unspecified atom stereocenters. The molecule has 0 bridgehead atoms. The van der Waals surface area contributed by atoms with Gasteiger partial charge in [0.05, 0.1) is 6.26 Å². The van der Waals surface area contributed by atoms with E-state index in [2.05, 4.69) is 5.32 Å². The van der Waals surface area contributed by atoms with Crippen molar-refractivity contribution in [1.29, 1.82) is 0 Å². The van der Waals surface area contributed by atoms with Crippen LogP contribution in [0, 0.1) is 0 Å². The summed E-state index contributed by atoms with van der Waals surface area (Å²) in [6.07, 6.45) is 2.28. The Morgan fingerprint density at radius 1 is 1.69 bits per heavy atom. The van der Waals surface area contributed by atoms with Gasteiger partial charge in [0.2, 0.25) is 5.91 Å². The third-order valence-electron chi connectivity index (χ3n) is 1.37. The van der Waals surface area contributed by atoms with E-state index >= 15 is 0 Å². The van der Waals surface area contributed by atoms with E-state index in [4.69, 9.17) is 10.3 Å². The number of nitrogens with two attached hydrogens (primary N) is 1. The maximum Gasteiger partial charge on any atom is 0.261 e. The van der Waals surface area contributed by atoms with Gasteiger partial charge in [-0.15, -0.1) is 0 Å². The first-order valence-corrected chi connectivity index (χ1v) is 5.59. The Morgan fingerprint density at radius 3 is 2.31 bits per heavy atom. The summed E-state index contributed by atoms with van der Waals surface area (Å²) in [6.45, 7) is 0.575. The lowest BCUT2D eigenvalue weighted by Crippen LogP contribution is -2.32. The van der Waals surface area contributed by atoms with Crippen molar-refractivity contribution in [3.8, 4) is 0 Å². The molecule has 1 amide bonds. The first-order valence-electron chi connectivity index (χ1n) is 3.75. The molecule has 13 heavy (non-hydrogen) atoms. The third-order valence-corrected chi connectivity index (χ3v) is 1.37. The summed E-state index contributed by atoms with van der Waals surface area (Å²) in [5.41, 5.74) is 5.28. The topological polar surface area (TPSA) is 109 Å². The van der Waals surface area contributed by atoms with Crippen LogP contribution < -0.4 is 11.1 Å². The first kappa shape index (κ1) is 12.3. The van der Waals surface area contributed by atoms with E-state index in [1.165, 1.54) is 0 Å². The minimum Gasteiger partial charge on any atom is -0.352 e. The van der Waals surface area contributed by atoms with Crippen LogP contribution in [0.15, 0.2) is 0 Å². The van der Waals surface area contributed by atoms with Gasteiger partial charge in [-0.3, -0.25) is 9.35 Å². The van der Waals surface area contributed by atoms with Crippen molar-refractivity contribution >= 4 is 16.0 Å². The summed E-state index contributed by atoms with van der Waals surface area (Å²) in [7, 11) is -3.67. The van der Waals surface area contributed by atoms with E-state index in [9.17, 15) is 13.2 Å². The maximum atomic E-state index is 10.4. The number of carbonyl (C=O) groups is 1. The maximum absolute atomic E-state index is 10.4. The second-order valence-electron chi connectivity index (χ2n) is 2.77. The Kier molecular flexibility index (Phi) is 4.89. The highest BCUT2D eigenvalue weighted by Gasteiger charge is 2.18. The van der Waals surface area contributed by atoms with Gasteiger partial charge in [0.1, 0.15) is 0 Å². The molecule has 0 saturated carbocycles. The minimum atomic E-state index is -3.67. The molecule has 1 heterocycles. The zero-order valence-electron chi connectivity index (χ0n) is 7.36. The average Bonchev–Trinajstić information content (AvgIpc) is 2.31. The Morgan fingerprint density at radius 2 is 2.15 bits per heavy atom. The normalized spacial score (nSPS) is 21.8. The van der Waals surface area contributed by atoms with Gasteiger partial charge in [-0.05, 0) is 6.42 Å².